The highest BCUT2D eigenvalue weighted by Gasteiger charge is 2.29. The fourth-order valence-corrected chi connectivity index (χ4v) is 6.91. The highest BCUT2D eigenvalue weighted by Crippen LogP contribution is 2.31. The molecular formula is C37H47Cl2F2N13O4. The topological polar surface area (TPSA) is 202 Å². The van der Waals surface area contributed by atoms with E-state index in [1.54, 1.807) is 48.7 Å². The Labute approximate surface area is 344 Å². The number of aromatic nitrogens is 6. The molecule has 1 saturated carbocycles. The van der Waals surface area contributed by atoms with Crippen molar-refractivity contribution < 1.29 is 27.9 Å². The summed E-state index contributed by atoms with van der Waals surface area (Å²) in [6, 6.07) is 7.29. The number of ether oxygens (including phenoxy) is 1. The van der Waals surface area contributed by atoms with Gasteiger partial charge in [-0.15, -0.1) is 0 Å². The van der Waals surface area contributed by atoms with Crippen LogP contribution in [0.4, 0.5) is 32.1 Å². The molecule has 1 saturated heterocycles. The van der Waals surface area contributed by atoms with Gasteiger partial charge in [-0.25, -0.2) is 15.7 Å². The molecule has 1 aliphatic heterocycles. The molecule has 4 aromatic heterocycles. The van der Waals surface area contributed by atoms with Gasteiger partial charge in [0.1, 0.15) is 0 Å². The summed E-state index contributed by atoms with van der Waals surface area (Å²) in [5.41, 5.74) is 9.14. The Balaban J connectivity index is 0.000000281. The van der Waals surface area contributed by atoms with Gasteiger partial charge in [-0.2, -0.15) is 28.7 Å². The molecule has 0 radical (unpaired) electrons. The highest BCUT2D eigenvalue weighted by atomic mass is 35.5. The molecule has 2 fully saturated rings. The van der Waals surface area contributed by atoms with Crippen LogP contribution < -0.4 is 31.9 Å². The van der Waals surface area contributed by atoms with Gasteiger partial charge in [-0.1, -0.05) is 25.7 Å². The number of nitrogens with two attached hydrogens (primary N) is 1. The first-order valence-corrected chi connectivity index (χ1v) is 19.5. The average molecular weight is 847 g/mol. The van der Waals surface area contributed by atoms with Gasteiger partial charge in [0.15, 0.2) is 29.6 Å². The van der Waals surface area contributed by atoms with Crippen LogP contribution in [0, 0.1) is 23.5 Å². The van der Waals surface area contributed by atoms with Crippen molar-refractivity contribution in [1.82, 2.24) is 40.4 Å². The van der Waals surface area contributed by atoms with Gasteiger partial charge in [0.2, 0.25) is 34.5 Å². The molecule has 2 amide bonds. The second kappa shape index (κ2) is 22.2. The number of halogens is 4. The van der Waals surface area contributed by atoms with E-state index in [0.29, 0.717) is 44.9 Å². The summed E-state index contributed by atoms with van der Waals surface area (Å²) in [6.45, 7) is 1.42. The van der Waals surface area contributed by atoms with Crippen LogP contribution in [0.5, 0.6) is 0 Å². The molecular weight excluding hydrogens is 799 g/mol. The number of hydroxylamine groups is 2. The van der Waals surface area contributed by atoms with E-state index >= 15 is 4.39 Å². The van der Waals surface area contributed by atoms with Gasteiger partial charge in [-0.05, 0) is 83.8 Å². The fourth-order valence-electron chi connectivity index (χ4n) is 6.58. The number of hydrogen-bond donors (Lipinski definition) is 4. The van der Waals surface area contributed by atoms with E-state index in [1.165, 1.54) is 0 Å². The van der Waals surface area contributed by atoms with Crippen molar-refractivity contribution in [3.8, 4) is 0 Å². The number of pyridine rings is 2. The predicted molar refractivity (Wildman–Crippen MR) is 214 cm³/mol. The number of nitrogens with zero attached hydrogens (tertiary/aromatic N) is 9. The molecule has 5 heterocycles. The molecule has 0 bridgehead atoms. The van der Waals surface area contributed by atoms with Crippen LogP contribution in [0.1, 0.15) is 62.5 Å². The number of hydrogen-bond acceptors (Lipinski definition) is 15. The fraction of sp³-hybridized carbons (Fsp3) is 0.459. The maximum Gasteiger partial charge on any atom is 0.243 e. The van der Waals surface area contributed by atoms with E-state index in [4.69, 9.17) is 38.6 Å². The minimum atomic E-state index is -0.768. The van der Waals surface area contributed by atoms with E-state index in [2.05, 4.69) is 46.2 Å². The number of carbonyl (C=O) groups excluding carboxylic acids is 2. The summed E-state index contributed by atoms with van der Waals surface area (Å²) < 4.78 is 35.0. The third-order valence-electron chi connectivity index (χ3n) is 9.49. The molecule has 1 aliphatic carbocycles. The summed E-state index contributed by atoms with van der Waals surface area (Å²) in [7, 11) is 3.37. The van der Waals surface area contributed by atoms with Crippen molar-refractivity contribution in [3.05, 3.63) is 82.4 Å². The number of hydrazine groups is 2. The standard InChI is InChI=1S/C26H35ClFN7O4.C11H12ClFN6/c1-34(15-19-9-11-29-12-10-19)24-22(28)23(30-26(27)31-24)32-33-25(37)20(14-18-6-2-3-7-18)16-35(17-36)39-21-8-4-5-13-38-21;1-19(6-7-2-4-15-5-3-7)10-8(13)9(18-14)16-11(12)17-10/h9-12,17-18,20-21H,2-8,13-16H2,1H3,(H,33,37)(H,30,31,32);2-5H,6,14H2,1H3,(H,16,17,18)/t20-,21?;/m1./s1. The minimum absolute atomic E-state index is 0.0286. The van der Waals surface area contributed by atoms with E-state index in [1.807, 2.05) is 24.3 Å². The summed E-state index contributed by atoms with van der Waals surface area (Å²) in [6.07, 6.45) is 14.1. The summed E-state index contributed by atoms with van der Waals surface area (Å²) in [4.78, 5) is 57.3. The quantitative estimate of drug-likeness (QED) is 0.0453. The number of anilines is 4. The Hall–Kier alpha value is -5.08. The zero-order valence-electron chi connectivity index (χ0n) is 32.2. The van der Waals surface area contributed by atoms with Crippen molar-refractivity contribution in [2.45, 2.75) is 70.7 Å². The van der Waals surface area contributed by atoms with E-state index in [-0.39, 0.29) is 40.4 Å². The smallest absolute Gasteiger partial charge is 0.243 e. The molecule has 2 atom stereocenters. The lowest BCUT2D eigenvalue weighted by molar-refractivity contribution is -0.276. The Kier molecular flexibility index (Phi) is 16.8. The van der Waals surface area contributed by atoms with Crippen molar-refractivity contribution in [1.29, 1.82) is 0 Å². The highest BCUT2D eigenvalue weighted by molar-refractivity contribution is 6.28. The molecule has 58 heavy (non-hydrogen) atoms. The zero-order valence-corrected chi connectivity index (χ0v) is 33.7. The number of carbonyl (C=O) groups is 2. The van der Waals surface area contributed by atoms with Crippen molar-refractivity contribution in [2.24, 2.45) is 17.7 Å². The normalized spacial score (nSPS) is 15.7. The molecule has 4 aromatic rings. The van der Waals surface area contributed by atoms with Crippen LogP contribution >= 0.6 is 23.2 Å². The minimum Gasteiger partial charge on any atom is -0.353 e. The molecule has 0 aromatic carbocycles. The molecule has 1 unspecified atom stereocenters. The second-order valence-electron chi connectivity index (χ2n) is 13.8. The van der Waals surface area contributed by atoms with Crippen LogP contribution in [-0.4, -0.2) is 80.8 Å². The SMILES string of the molecule is CN(Cc1ccncc1)c1nc(Cl)nc(NN)c1F.CN(Cc1ccncc1)c1nc(Cl)nc(NNC(=O)[C@H](CC2CCCC2)CN(C=O)OC2CCCCO2)c1F. The Bertz CT molecular complexity index is 1920. The molecule has 312 valence electrons. The van der Waals surface area contributed by atoms with Crippen molar-refractivity contribution in [3.63, 3.8) is 0 Å². The molecule has 5 N–H and O–H groups in total. The number of amides is 2. The Morgan fingerprint density at radius 2 is 1.41 bits per heavy atom. The lowest BCUT2D eigenvalue weighted by atomic mass is 9.92. The molecule has 21 heteroatoms. The predicted octanol–water partition coefficient (Wildman–Crippen LogP) is 5.44. The van der Waals surface area contributed by atoms with Crippen LogP contribution in [0.3, 0.4) is 0 Å². The van der Waals surface area contributed by atoms with Crippen molar-refractivity contribution >= 4 is 58.8 Å². The number of rotatable bonds is 17. The van der Waals surface area contributed by atoms with Crippen LogP contribution in [-0.2, 0) is 32.3 Å². The Morgan fingerprint density at radius 3 is 1.93 bits per heavy atom. The van der Waals surface area contributed by atoms with Gasteiger partial charge in [-0.3, -0.25) is 30.4 Å². The summed E-state index contributed by atoms with van der Waals surface area (Å²) >= 11 is 11.8. The third kappa shape index (κ3) is 13.0. The summed E-state index contributed by atoms with van der Waals surface area (Å²) in [5.74, 6) is 2.75. The molecule has 17 nitrogen and oxygen atoms in total. The van der Waals surface area contributed by atoms with Crippen LogP contribution in [0.2, 0.25) is 10.6 Å². The average Bonchev–Trinajstić information content (AvgIpc) is 3.75. The van der Waals surface area contributed by atoms with Crippen molar-refractivity contribution in [2.75, 3.05) is 47.9 Å². The van der Waals surface area contributed by atoms with Gasteiger partial charge in [0, 0.05) is 65.0 Å². The zero-order chi connectivity index (χ0) is 41.4. The maximum absolute atomic E-state index is 15.4. The molecule has 0 spiro atoms. The van der Waals surface area contributed by atoms with Gasteiger partial charge < -0.3 is 20.0 Å². The first-order chi connectivity index (χ1) is 28.0. The molecule has 6 rings (SSSR count). The number of nitrogens with one attached hydrogen (secondary N) is 3. The van der Waals surface area contributed by atoms with E-state index in [0.717, 1.165) is 54.7 Å². The lowest BCUT2D eigenvalue weighted by Gasteiger charge is -2.30. The first kappa shape index (κ1) is 44.0. The third-order valence-corrected chi connectivity index (χ3v) is 9.83. The van der Waals surface area contributed by atoms with Crippen LogP contribution in [0.15, 0.2) is 49.1 Å². The maximum atomic E-state index is 15.4. The number of nitrogen functional groups attached to an aromatic ring is 1. The summed E-state index contributed by atoms with van der Waals surface area (Å²) in [5, 5.41) is 0.870. The monoisotopic (exact) mass is 845 g/mol. The van der Waals surface area contributed by atoms with E-state index < -0.39 is 29.7 Å². The molecule has 2 aliphatic rings. The van der Waals surface area contributed by atoms with Gasteiger partial charge in [0.25, 0.3) is 0 Å². The van der Waals surface area contributed by atoms with Crippen LogP contribution in [0.25, 0.3) is 0 Å². The Morgan fingerprint density at radius 1 is 0.879 bits per heavy atom. The lowest BCUT2D eigenvalue weighted by Crippen LogP contribution is -2.43. The largest absolute Gasteiger partial charge is 0.353 e. The van der Waals surface area contributed by atoms with Gasteiger partial charge >= 0.3 is 0 Å². The second-order valence-corrected chi connectivity index (χ2v) is 14.5. The van der Waals surface area contributed by atoms with Gasteiger partial charge in [0.05, 0.1) is 12.5 Å². The van der Waals surface area contributed by atoms with E-state index in [9.17, 15) is 14.0 Å². The first-order valence-electron chi connectivity index (χ1n) is 18.7.